The van der Waals surface area contributed by atoms with E-state index in [4.69, 9.17) is 10.8 Å². The third-order valence-corrected chi connectivity index (χ3v) is 7.03. The number of nitriles is 1. The number of fused-ring (bicyclic) bond motifs is 3. The molecular weight excluding hydrogens is 376 g/mol. The molecule has 7 nitrogen and oxygen atoms in total. The molecule has 1 aliphatic carbocycles. The number of hydrogen-bond acceptors (Lipinski definition) is 5. The molecule has 2 bridgehead atoms. The highest BCUT2D eigenvalue weighted by Crippen LogP contribution is 2.47. The number of benzene rings is 1. The summed E-state index contributed by atoms with van der Waals surface area (Å²) in [6, 6.07) is 10.2. The van der Waals surface area contributed by atoms with Gasteiger partial charge in [0.2, 0.25) is 5.91 Å². The van der Waals surface area contributed by atoms with Crippen LogP contribution in [0.3, 0.4) is 0 Å². The first-order valence-corrected chi connectivity index (χ1v) is 10.6. The summed E-state index contributed by atoms with van der Waals surface area (Å²) in [6.45, 7) is 0. The monoisotopic (exact) mass is 398 g/mol. The quantitative estimate of drug-likeness (QED) is 0.680. The molecule has 0 spiro atoms. The fourth-order valence-electron chi connectivity index (χ4n) is 5.40. The number of aromatic nitrogens is 3. The molecule has 1 amide bonds. The smallest absolute Gasteiger partial charge is 0.248 e. The van der Waals surface area contributed by atoms with Crippen LogP contribution >= 0.6 is 0 Å². The van der Waals surface area contributed by atoms with Crippen LogP contribution in [0.5, 0.6) is 0 Å². The molecule has 30 heavy (non-hydrogen) atoms. The summed E-state index contributed by atoms with van der Waals surface area (Å²) in [5.74, 6) is 1.14. The number of primary amides is 1. The molecule has 1 saturated carbocycles. The Morgan fingerprint density at radius 3 is 2.77 bits per heavy atom. The van der Waals surface area contributed by atoms with Crippen LogP contribution in [0.2, 0.25) is 0 Å². The largest absolute Gasteiger partial charge is 0.366 e. The third kappa shape index (κ3) is 2.53. The number of carbonyl (C=O) groups is 1. The van der Waals surface area contributed by atoms with E-state index in [1.807, 2.05) is 27.9 Å². The van der Waals surface area contributed by atoms with Crippen molar-refractivity contribution in [1.29, 1.82) is 5.26 Å². The molecular formula is C23H22N6O. The van der Waals surface area contributed by atoms with Gasteiger partial charge in [0.15, 0.2) is 12.0 Å². The summed E-state index contributed by atoms with van der Waals surface area (Å²) in [5, 5.41) is 15.5. The van der Waals surface area contributed by atoms with Gasteiger partial charge < -0.3 is 10.6 Å². The third-order valence-electron chi connectivity index (χ3n) is 7.03. The van der Waals surface area contributed by atoms with Crippen LogP contribution in [-0.2, 0) is 0 Å². The molecule has 3 atom stereocenters. The lowest BCUT2D eigenvalue weighted by atomic mass is 9.85. The summed E-state index contributed by atoms with van der Waals surface area (Å²) in [6.07, 6.45) is 9.67. The van der Waals surface area contributed by atoms with E-state index in [1.165, 1.54) is 18.4 Å². The van der Waals surface area contributed by atoms with Gasteiger partial charge in [-0.25, -0.2) is 9.67 Å². The Kier molecular flexibility index (Phi) is 3.66. The Morgan fingerprint density at radius 1 is 1.17 bits per heavy atom. The van der Waals surface area contributed by atoms with Gasteiger partial charge in [0, 0.05) is 35.1 Å². The molecule has 1 aromatic carbocycles. The number of carbonyl (C=O) groups excluding carboxylic acids is 1. The minimum atomic E-state index is -0.448. The van der Waals surface area contributed by atoms with Gasteiger partial charge in [-0.2, -0.15) is 10.4 Å². The summed E-state index contributed by atoms with van der Waals surface area (Å²) >= 11 is 0. The molecule has 3 aliphatic rings. The number of rotatable bonds is 4. The zero-order chi connectivity index (χ0) is 20.4. The molecule has 3 fully saturated rings. The highest BCUT2D eigenvalue weighted by molar-refractivity contribution is 5.98. The molecule has 7 heteroatoms. The van der Waals surface area contributed by atoms with Crippen molar-refractivity contribution in [3.8, 4) is 12.0 Å². The first kappa shape index (κ1) is 17.5. The van der Waals surface area contributed by atoms with Crippen molar-refractivity contribution >= 4 is 16.8 Å². The van der Waals surface area contributed by atoms with Gasteiger partial charge in [-0.15, -0.1) is 0 Å². The van der Waals surface area contributed by atoms with Crippen molar-refractivity contribution in [1.82, 2.24) is 19.7 Å². The lowest BCUT2D eigenvalue weighted by Gasteiger charge is -2.19. The fraction of sp³-hybridized carbons (Fsp3) is 0.391. The minimum absolute atomic E-state index is 0.168. The van der Waals surface area contributed by atoms with E-state index < -0.39 is 5.91 Å². The van der Waals surface area contributed by atoms with Crippen molar-refractivity contribution in [3.63, 3.8) is 0 Å². The zero-order valence-electron chi connectivity index (χ0n) is 16.5. The summed E-state index contributed by atoms with van der Waals surface area (Å²) in [5.41, 5.74) is 9.20. The van der Waals surface area contributed by atoms with Gasteiger partial charge in [0.25, 0.3) is 0 Å². The maximum atomic E-state index is 11.8. The second kappa shape index (κ2) is 6.30. The van der Waals surface area contributed by atoms with E-state index >= 15 is 0 Å². The van der Waals surface area contributed by atoms with Crippen molar-refractivity contribution in [2.24, 2.45) is 5.73 Å². The number of hydrogen-bond donors (Lipinski definition) is 1. The standard InChI is InChI=1S/C23H22N6O/c24-12-28-16-4-6-19(28)18(11-16)22-17-9-15(23(25)30)3-5-20(17)29(27-22)21-10-14(7-8-26-21)13-1-2-13/h3,5,7-10,13,16,18-19H,1-2,4,6,11H2,(H2,25,30). The Morgan fingerprint density at radius 2 is 2.03 bits per heavy atom. The molecule has 2 N–H and O–H groups in total. The van der Waals surface area contributed by atoms with E-state index in [9.17, 15) is 10.1 Å². The Bertz CT molecular complexity index is 1220. The minimum Gasteiger partial charge on any atom is -0.366 e. The van der Waals surface area contributed by atoms with Crippen LogP contribution < -0.4 is 5.73 Å². The Hall–Kier alpha value is -3.40. The summed E-state index contributed by atoms with van der Waals surface area (Å²) in [7, 11) is 0. The van der Waals surface area contributed by atoms with Gasteiger partial charge >= 0.3 is 0 Å². The van der Waals surface area contributed by atoms with Crippen molar-refractivity contribution in [3.05, 3.63) is 53.3 Å². The molecule has 150 valence electrons. The molecule has 2 aliphatic heterocycles. The van der Waals surface area contributed by atoms with E-state index in [2.05, 4.69) is 23.3 Å². The number of nitrogens with two attached hydrogens (primary N) is 1. The summed E-state index contributed by atoms with van der Waals surface area (Å²) in [4.78, 5) is 18.4. The van der Waals surface area contributed by atoms with Gasteiger partial charge in [0.05, 0.1) is 11.2 Å². The van der Waals surface area contributed by atoms with Gasteiger partial charge in [-0.05, 0) is 73.9 Å². The molecule has 2 aromatic heterocycles. The molecule has 6 rings (SSSR count). The molecule has 4 heterocycles. The van der Waals surface area contributed by atoms with Crippen molar-refractivity contribution in [2.75, 3.05) is 0 Å². The van der Waals surface area contributed by atoms with Crippen LogP contribution in [0.1, 0.15) is 65.6 Å². The van der Waals surface area contributed by atoms with E-state index in [1.54, 1.807) is 6.07 Å². The predicted octanol–water partition coefficient (Wildman–Crippen LogP) is 3.20. The van der Waals surface area contributed by atoms with Gasteiger partial charge in [0.1, 0.15) is 0 Å². The van der Waals surface area contributed by atoms with Gasteiger partial charge in [-0.1, -0.05) is 0 Å². The lowest BCUT2D eigenvalue weighted by Crippen LogP contribution is -2.24. The highest BCUT2D eigenvalue weighted by atomic mass is 16.1. The Balaban J connectivity index is 1.52. The molecule has 3 unspecified atom stereocenters. The van der Waals surface area contributed by atoms with E-state index in [0.29, 0.717) is 17.5 Å². The predicted molar refractivity (Wildman–Crippen MR) is 111 cm³/mol. The second-order valence-corrected chi connectivity index (χ2v) is 8.76. The van der Waals surface area contributed by atoms with Crippen LogP contribution in [0.15, 0.2) is 36.5 Å². The van der Waals surface area contributed by atoms with Crippen molar-refractivity contribution in [2.45, 2.75) is 56.0 Å². The first-order chi connectivity index (χ1) is 14.6. The maximum Gasteiger partial charge on any atom is 0.248 e. The number of amides is 1. The first-order valence-electron chi connectivity index (χ1n) is 10.6. The topological polar surface area (TPSA) is 101 Å². The normalized spacial score (nSPS) is 25.0. The average molecular weight is 398 g/mol. The average Bonchev–Trinajstić information content (AvgIpc) is 3.33. The Labute approximate surface area is 174 Å². The van der Waals surface area contributed by atoms with Crippen LogP contribution in [0.25, 0.3) is 16.7 Å². The SMILES string of the molecule is N#CN1C2CCC1C(c1nn(-c3cc(C4CC4)ccn3)c3ccc(C(N)=O)cc13)C2. The zero-order valence-corrected chi connectivity index (χ0v) is 16.5. The highest BCUT2D eigenvalue weighted by Gasteiger charge is 2.48. The number of nitrogens with zero attached hydrogens (tertiary/aromatic N) is 5. The summed E-state index contributed by atoms with van der Waals surface area (Å²) < 4.78 is 1.89. The second-order valence-electron chi connectivity index (χ2n) is 8.76. The number of pyridine rings is 1. The van der Waals surface area contributed by atoms with E-state index in [-0.39, 0.29) is 12.0 Å². The lowest BCUT2D eigenvalue weighted by molar-refractivity contribution is 0.100. The van der Waals surface area contributed by atoms with E-state index in [0.717, 1.165) is 41.7 Å². The van der Waals surface area contributed by atoms with Crippen molar-refractivity contribution < 1.29 is 4.79 Å². The van der Waals surface area contributed by atoms with Crippen LogP contribution in [-0.4, -0.2) is 37.7 Å². The maximum absolute atomic E-state index is 11.8. The van der Waals surface area contributed by atoms with Crippen LogP contribution in [0, 0.1) is 11.5 Å². The molecule has 0 radical (unpaired) electrons. The molecule has 3 aromatic rings. The fourth-order valence-corrected chi connectivity index (χ4v) is 5.40. The van der Waals surface area contributed by atoms with Gasteiger partial charge in [-0.3, -0.25) is 4.79 Å². The molecule has 2 saturated heterocycles. The van der Waals surface area contributed by atoms with Crippen LogP contribution in [0.4, 0.5) is 0 Å².